The molecular weight excluding hydrogens is 400 g/mol. The molecule has 2 aromatic heterocycles. The minimum atomic E-state index is -0.661. The minimum Gasteiger partial charge on any atom is -0.361 e. The first kappa shape index (κ1) is 21.8. The fraction of sp³-hybridized carbons (Fsp3) is 0.429. The Kier molecular flexibility index (Phi) is 7.04. The topological polar surface area (TPSA) is 108 Å². The number of rotatable bonds is 9. The molecule has 1 aromatic carbocycles. The number of carbonyl (C=O) groups is 2. The van der Waals surface area contributed by atoms with Crippen LogP contribution in [0.3, 0.4) is 0 Å². The summed E-state index contributed by atoms with van der Waals surface area (Å²) in [5, 5.41) is 13.9. The third kappa shape index (κ3) is 4.96. The quantitative estimate of drug-likeness (QED) is 0.393. The second-order valence-electron chi connectivity index (χ2n) is 7.51. The number of hydrogen-bond donors (Lipinski definition) is 4. The van der Waals surface area contributed by atoms with Crippen LogP contribution in [0.4, 0.5) is 0 Å². The molecule has 4 N–H and O–H groups in total. The van der Waals surface area contributed by atoms with Gasteiger partial charge in [-0.25, -0.2) is 0 Å². The van der Waals surface area contributed by atoms with Crippen LogP contribution in [0.1, 0.15) is 32.2 Å². The maximum absolute atomic E-state index is 12.9. The van der Waals surface area contributed by atoms with Crippen LogP contribution in [0.2, 0.25) is 0 Å². The molecule has 3 rings (SSSR count). The van der Waals surface area contributed by atoms with Crippen molar-refractivity contribution in [1.29, 1.82) is 0 Å². The molecule has 1 unspecified atom stereocenters. The maximum Gasteiger partial charge on any atom is 0.242 e. The van der Waals surface area contributed by atoms with E-state index < -0.39 is 6.04 Å². The van der Waals surface area contributed by atoms with Crippen LogP contribution in [-0.4, -0.2) is 44.1 Å². The molecule has 0 spiro atoms. The van der Waals surface area contributed by atoms with E-state index in [1.807, 2.05) is 55.8 Å². The largest absolute Gasteiger partial charge is 0.361 e. The lowest BCUT2D eigenvalue weighted by Crippen LogP contribution is -2.49. The lowest BCUT2D eigenvalue weighted by molar-refractivity contribution is -0.130. The number of amides is 2. The number of hydrogen-bond acceptors (Lipinski definition) is 4. The van der Waals surface area contributed by atoms with Crippen molar-refractivity contribution in [2.45, 2.75) is 46.2 Å². The standard InChI is InChI=1S/C21H28N6O2S/c1-4-27-18(25-26-21(27)30)9-10-22-20(29)17(24-19(28)13(2)3)11-14-12-23-16-8-6-5-7-15(14)16/h5-8,12-13,17,23H,4,9-11H2,1-3H3,(H,22,29)(H,24,28)(H,26,30). The molecule has 0 fully saturated rings. The maximum atomic E-state index is 12.9. The molecule has 0 saturated heterocycles. The third-order valence-corrected chi connectivity index (χ3v) is 5.37. The minimum absolute atomic E-state index is 0.151. The van der Waals surface area contributed by atoms with Gasteiger partial charge in [0.15, 0.2) is 4.77 Å². The van der Waals surface area contributed by atoms with Crippen molar-refractivity contribution in [2.24, 2.45) is 5.92 Å². The van der Waals surface area contributed by atoms with Crippen molar-refractivity contribution in [3.63, 3.8) is 0 Å². The predicted octanol–water partition coefficient (Wildman–Crippen LogP) is 2.48. The molecule has 1 atom stereocenters. The normalized spacial score (nSPS) is 12.3. The third-order valence-electron chi connectivity index (χ3n) is 5.06. The lowest BCUT2D eigenvalue weighted by Gasteiger charge is -2.19. The van der Waals surface area contributed by atoms with Gasteiger partial charge in [0.1, 0.15) is 11.9 Å². The van der Waals surface area contributed by atoms with Gasteiger partial charge in [-0.3, -0.25) is 14.7 Å². The molecule has 0 aliphatic carbocycles. The molecule has 0 radical (unpaired) electrons. The average molecular weight is 429 g/mol. The van der Waals surface area contributed by atoms with Crippen molar-refractivity contribution in [3.05, 3.63) is 46.6 Å². The Morgan fingerprint density at radius 3 is 2.73 bits per heavy atom. The van der Waals surface area contributed by atoms with Crippen LogP contribution < -0.4 is 10.6 Å². The van der Waals surface area contributed by atoms with Gasteiger partial charge in [0, 0.05) is 48.9 Å². The van der Waals surface area contributed by atoms with Gasteiger partial charge in [-0.2, -0.15) is 5.10 Å². The SMILES string of the molecule is CCn1c(CCNC(=O)C(Cc2c[nH]c3ccccc23)NC(=O)C(C)C)n[nH]c1=S. The molecule has 8 nitrogen and oxygen atoms in total. The Morgan fingerprint density at radius 1 is 1.23 bits per heavy atom. The molecule has 3 aromatic rings. The number of carbonyl (C=O) groups excluding carboxylic acids is 2. The van der Waals surface area contributed by atoms with Crippen LogP contribution in [0, 0.1) is 10.7 Å². The first-order chi connectivity index (χ1) is 14.4. The summed E-state index contributed by atoms with van der Waals surface area (Å²) in [4.78, 5) is 28.4. The van der Waals surface area contributed by atoms with Gasteiger partial charge < -0.3 is 20.2 Å². The van der Waals surface area contributed by atoms with Crippen LogP contribution in [0.25, 0.3) is 10.9 Å². The summed E-state index contributed by atoms with van der Waals surface area (Å²) < 4.78 is 2.46. The average Bonchev–Trinajstić information content (AvgIpc) is 3.30. The van der Waals surface area contributed by atoms with Crippen LogP contribution >= 0.6 is 12.2 Å². The molecule has 9 heteroatoms. The van der Waals surface area contributed by atoms with Crippen molar-refractivity contribution >= 4 is 34.9 Å². The van der Waals surface area contributed by atoms with Gasteiger partial charge in [0.05, 0.1) is 0 Å². The summed E-state index contributed by atoms with van der Waals surface area (Å²) in [7, 11) is 0. The number of para-hydroxylation sites is 1. The number of aromatic nitrogens is 4. The van der Waals surface area contributed by atoms with Crippen LogP contribution in [0.5, 0.6) is 0 Å². The molecule has 2 amide bonds. The van der Waals surface area contributed by atoms with E-state index in [1.54, 1.807) is 0 Å². The molecule has 2 heterocycles. The Labute approximate surface area is 180 Å². The monoisotopic (exact) mass is 428 g/mol. The Balaban J connectivity index is 1.70. The van der Waals surface area contributed by atoms with E-state index in [9.17, 15) is 9.59 Å². The van der Waals surface area contributed by atoms with Crippen molar-refractivity contribution in [1.82, 2.24) is 30.4 Å². The van der Waals surface area contributed by atoms with Crippen molar-refractivity contribution in [3.8, 4) is 0 Å². The van der Waals surface area contributed by atoms with E-state index in [1.165, 1.54) is 0 Å². The number of H-pyrrole nitrogens is 2. The van der Waals surface area contributed by atoms with Crippen molar-refractivity contribution < 1.29 is 9.59 Å². The zero-order valence-electron chi connectivity index (χ0n) is 17.5. The second-order valence-corrected chi connectivity index (χ2v) is 7.90. The summed E-state index contributed by atoms with van der Waals surface area (Å²) in [6, 6.07) is 7.25. The summed E-state index contributed by atoms with van der Waals surface area (Å²) in [6.07, 6.45) is 2.85. The smallest absolute Gasteiger partial charge is 0.242 e. The van der Waals surface area contributed by atoms with Gasteiger partial charge in [-0.1, -0.05) is 32.0 Å². The van der Waals surface area contributed by atoms with Crippen LogP contribution in [0.15, 0.2) is 30.5 Å². The number of benzene rings is 1. The lowest BCUT2D eigenvalue weighted by atomic mass is 10.0. The zero-order valence-corrected chi connectivity index (χ0v) is 18.3. The number of fused-ring (bicyclic) bond motifs is 1. The summed E-state index contributed by atoms with van der Waals surface area (Å²) in [6.45, 7) is 6.73. The first-order valence-corrected chi connectivity index (χ1v) is 10.6. The van der Waals surface area contributed by atoms with Gasteiger partial charge >= 0.3 is 0 Å². The highest BCUT2D eigenvalue weighted by atomic mass is 32.1. The first-order valence-electron chi connectivity index (χ1n) is 10.2. The predicted molar refractivity (Wildman–Crippen MR) is 119 cm³/mol. The van der Waals surface area contributed by atoms with E-state index in [0.717, 1.165) is 22.3 Å². The summed E-state index contributed by atoms with van der Waals surface area (Å²) >= 11 is 5.20. The van der Waals surface area contributed by atoms with E-state index in [0.29, 0.717) is 30.7 Å². The van der Waals surface area contributed by atoms with Crippen molar-refractivity contribution in [2.75, 3.05) is 6.54 Å². The molecule has 30 heavy (non-hydrogen) atoms. The fourth-order valence-corrected chi connectivity index (χ4v) is 3.64. The van der Waals surface area contributed by atoms with Crippen LogP contribution in [-0.2, 0) is 29.0 Å². The zero-order chi connectivity index (χ0) is 21.7. The van der Waals surface area contributed by atoms with E-state index in [4.69, 9.17) is 12.2 Å². The van der Waals surface area contributed by atoms with E-state index in [-0.39, 0.29) is 17.7 Å². The number of aromatic amines is 2. The fourth-order valence-electron chi connectivity index (χ4n) is 3.36. The number of nitrogens with zero attached hydrogens (tertiary/aromatic N) is 2. The molecule has 160 valence electrons. The highest BCUT2D eigenvalue weighted by Gasteiger charge is 2.23. The van der Waals surface area contributed by atoms with Gasteiger partial charge in [-0.05, 0) is 30.8 Å². The number of nitrogens with one attached hydrogen (secondary N) is 4. The summed E-state index contributed by atoms with van der Waals surface area (Å²) in [5.74, 6) is 0.219. The Hall–Kier alpha value is -2.94. The summed E-state index contributed by atoms with van der Waals surface area (Å²) in [5.41, 5.74) is 1.99. The van der Waals surface area contributed by atoms with Gasteiger partial charge in [0.25, 0.3) is 0 Å². The van der Waals surface area contributed by atoms with E-state index >= 15 is 0 Å². The van der Waals surface area contributed by atoms with Gasteiger partial charge in [-0.15, -0.1) is 0 Å². The highest BCUT2D eigenvalue weighted by molar-refractivity contribution is 7.71. The molecule has 0 saturated carbocycles. The van der Waals surface area contributed by atoms with Gasteiger partial charge in [0.2, 0.25) is 11.8 Å². The molecule has 0 aliphatic rings. The van der Waals surface area contributed by atoms with E-state index in [2.05, 4.69) is 25.8 Å². The molecular formula is C21H28N6O2S. The molecule has 0 bridgehead atoms. The Morgan fingerprint density at radius 2 is 2.00 bits per heavy atom. The Bertz CT molecular complexity index is 1080. The molecule has 0 aliphatic heterocycles. The second kappa shape index (κ2) is 9.71. The highest BCUT2D eigenvalue weighted by Crippen LogP contribution is 2.19.